The van der Waals surface area contributed by atoms with Gasteiger partial charge in [-0.2, -0.15) is 30.7 Å². The fraction of sp³-hybridized carbons (Fsp3) is 0.294. The van der Waals surface area contributed by atoms with E-state index < -0.39 is 41.1 Å². The van der Waals surface area contributed by atoms with E-state index in [0.717, 1.165) is 6.92 Å². The molecule has 0 aliphatic rings. The summed E-state index contributed by atoms with van der Waals surface area (Å²) in [6, 6.07) is 7.67. The van der Waals surface area contributed by atoms with Gasteiger partial charge in [-0.1, -0.05) is 30.3 Å². The monoisotopic (exact) mass is 423 g/mol. The molecule has 0 fully saturated rings. The lowest BCUT2D eigenvalue weighted by Gasteiger charge is -2.27. The van der Waals surface area contributed by atoms with Crippen molar-refractivity contribution in [3.05, 3.63) is 41.7 Å². The van der Waals surface area contributed by atoms with Gasteiger partial charge in [0.1, 0.15) is 11.6 Å². The van der Waals surface area contributed by atoms with E-state index in [0.29, 0.717) is 5.56 Å². The number of anilines is 1. The molecule has 1 aromatic carbocycles. The fourth-order valence-corrected chi connectivity index (χ4v) is 2.31. The lowest BCUT2D eigenvalue weighted by molar-refractivity contribution is -0.343. The molecule has 1 heterocycles. The van der Waals surface area contributed by atoms with E-state index in [9.17, 15) is 40.3 Å². The van der Waals surface area contributed by atoms with E-state index >= 15 is 0 Å². The number of Topliss-reactive ketones (excluding diaryl/α,β-unsaturated/α-hetero) is 1. The van der Waals surface area contributed by atoms with Crippen LogP contribution in [0.3, 0.4) is 0 Å². The molecule has 156 valence electrons. The summed E-state index contributed by atoms with van der Waals surface area (Å²) >= 11 is 0. The van der Waals surface area contributed by atoms with Gasteiger partial charge in [0.15, 0.2) is 5.78 Å². The van der Waals surface area contributed by atoms with E-state index in [-0.39, 0.29) is 11.5 Å². The number of carbonyl (C=O) groups excluding carboxylic acids is 2. The number of nitrogens with zero attached hydrogens (tertiary/aromatic N) is 2. The maximum absolute atomic E-state index is 13.6. The van der Waals surface area contributed by atoms with Crippen molar-refractivity contribution in [2.45, 2.75) is 31.9 Å². The van der Waals surface area contributed by atoms with Gasteiger partial charge < -0.3 is 5.32 Å². The standard InChI is InChI=1S/C17H12F7N3O2/c1-8(28)11-12(10-6-4-3-5-7-10)25-9(2)26-13(11)27-14(29)15(18,19)16(20,21)17(22,23)24/h3-7H,1-2H3,(H,25,26,27,29). The van der Waals surface area contributed by atoms with Crippen LogP contribution in [0.15, 0.2) is 30.3 Å². The van der Waals surface area contributed by atoms with E-state index in [2.05, 4.69) is 9.97 Å². The highest BCUT2D eigenvalue weighted by molar-refractivity contribution is 6.08. The Kier molecular flexibility index (Phi) is 5.68. The van der Waals surface area contributed by atoms with Crippen LogP contribution in [0, 0.1) is 6.92 Å². The maximum Gasteiger partial charge on any atom is 0.460 e. The molecule has 12 heteroatoms. The third-order valence-corrected chi connectivity index (χ3v) is 3.69. The molecule has 0 spiro atoms. The van der Waals surface area contributed by atoms with Gasteiger partial charge in [-0.15, -0.1) is 0 Å². The minimum Gasteiger partial charge on any atom is -0.304 e. The predicted octanol–water partition coefficient (Wildman–Crippen LogP) is 4.43. The van der Waals surface area contributed by atoms with Crippen molar-refractivity contribution < 1.29 is 40.3 Å². The molecule has 0 saturated heterocycles. The first-order valence-corrected chi connectivity index (χ1v) is 7.79. The van der Waals surface area contributed by atoms with Gasteiger partial charge in [-0.05, 0) is 13.8 Å². The topological polar surface area (TPSA) is 72.0 Å². The number of aromatic nitrogens is 2. The Hall–Kier alpha value is -3.05. The first-order chi connectivity index (χ1) is 13.2. The molecule has 2 rings (SSSR count). The zero-order chi connectivity index (χ0) is 22.2. The largest absolute Gasteiger partial charge is 0.460 e. The summed E-state index contributed by atoms with van der Waals surface area (Å²) in [7, 11) is 0. The molecule has 0 bridgehead atoms. The summed E-state index contributed by atoms with van der Waals surface area (Å²) < 4.78 is 90.4. The van der Waals surface area contributed by atoms with E-state index in [1.807, 2.05) is 0 Å². The predicted molar refractivity (Wildman–Crippen MR) is 86.8 cm³/mol. The third kappa shape index (κ3) is 4.05. The van der Waals surface area contributed by atoms with Gasteiger partial charge in [0.25, 0.3) is 0 Å². The highest BCUT2D eigenvalue weighted by Gasteiger charge is 2.76. The van der Waals surface area contributed by atoms with E-state index in [4.69, 9.17) is 0 Å². The number of halogens is 7. The second kappa shape index (κ2) is 7.41. The van der Waals surface area contributed by atoms with Crippen molar-refractivity contribution in [3.63, 3.8) is 0 Å². The SMILES string of the molecule is CC(=O)c1c(NC(=O)C(F)(F)C(F)(F)C(F)(F)F)nc(C)nc1-c1ccccc1. The number of rotatable bonds is 5. The number of ketones is 1. The Morgan fingerprint density at radius 2 is 1.48 bits per heavy atom. The Morgan fingerprint density at radius 1 is 0.931 bits per heavy atom. The van der Waals surface area contributed by atoms with Crippen molar-refractivity contribution in [2.75, 3.05) is 5.32 Å². The second-order valence-electron chi connectivity index (χ2n) is 5.87. The number of amides is 1. The summed E-state index contributed by atoms with van der Waals surface area (Å²) in [5, 5.41) is 1.22. The van der Waals surface area contributed by atoms with E-state index in [1.54, 1.807) is 18.2 Å². The summed E-state index contributed by atoms with van der Waals surface area (Å²) in [5.74, 6) is -17.7. The molecule has 1 amide bonds. The van der Waals surface area contributed by atoms with Crippen LogP contribution in [0.5, 0.6) is 0 Å². The van der Waals surface area contributed by atoms with Crippen LogP contribution in [-0.4, -0.2) is 39.7 Å². The van der Waals surface area contributed by atoms with Gasteiger partial charge >= 0.3 is 23.9 Å². The maximum atomic E-state index is 13.6. The van der Waals surface area contributed by atoms with Crippen molar-refractivity contribution in [1.82, 2.24) is 9.97 Å². The normalized spacial score (nSPS) is 12.6. The molecule has 0 radical (unpaired) electrons. The van der Waals surface area contributed by atoms with Crippen LogP contribution in [0.4, 0.5) is 36.6 Å². The molecule has 0 saturated carbocycles. The molecule has 5 nitrogen and oxygen atoms in total. The first kappa shape index (κ1) is 22.2. The fourth-order valence-electron chi connectivity index (χ4n) is 2.31. The van der Waals surface area contributed by atoms with Crippen LogP contribution in [0.1, 0.15) is 23.1 Å². The Morgan fingerprint density at radius 3 is 1.97 bits per heavy atom. The van der Waals surface area contributed by atoms with Crippen LogP contribution in [0.25, 0.3) is 11.3 Å². The average molecular weight is 423 g/mol. The lowest BCUT2D eigenvalue weighted by Crippen LogP contribution is -2.57. The third-order valence-electron chi connectivity index (χ3n) is 3.69. The summed E-state index contributed by atoms with van der Waals surface area (Å²) in [5.41, 5.74) is -0.348. The highest BCUT2D eigenvalue weighted by atomic mass is 19.4. The van der Waals surface area contributed by atoms with Crippen molar-refractivity contribution in [3.8, 4) is 11.3 Å². The number of benzene rings is 1. The summed E-state index contributed by atoms with van der Waals surface area (Å²) in [6.45, 7) is 2.20. The Bertz CT molecular complexity index is 944. The Labute approximate surface area is 159 Å². The van der Waals surface area contributed by atoms with Crippen molar-refractivity contribution in [1.29, 1.82) is 0 Å². The zero-order valence-electron chi connectivity index (χ0n) is 14.7. The van der Waals surface area contributed by atoms with E-state index in [1.165, 1.54) is 24.4 Å². The molecule has 0 aliphatic heterocycles. The summed E-state index contributed by atoms with van der Waals surface area (Å²) in [6.07, 6.45) is -6.69. The van der Waals surface area contributed by atoms with Crippen molar-refractivity contribution >= 4 is 17.5 Å². The smallest absolute Gasteiger partial charge is 0.304 e. The molecule has 1 N–H and O–H groups in total. The zero-order valence-corrected chi connectivity index (χ0v) is 14.7. The van der Waals surface area contributed by atoms with Gasteiger partial charge in [0.05, 0.1) is 11.3 Å². The first-order valence-electron chi connectivity index (χ1n) is 7.79. The van der Waals surface area contributed by atoms with Crippen LogP contribution >= 0.6 is 0 Å². The minimum atomic E-state index is -6.69. The number of carbonyl (C=O) groups is 2. The number of alkyl halides is 7. The lowest BCUT2D eigenvalue weighted by atomic mass is 10.0. The number of hydrogen-bond donors (Lipinski definition) is 1. The molecule has 29 heavy (non-hydrogen) atoms. The second-order valence-corrected chi connectivity index (χ2v) is 5.87. The highest BCUT2D eigenvalue weighted by Crippen LogP contribution is 2.47. The molecule has 2 aromatic rings. The quantitative estimate of drug-likeness (QED) is 0.571. The molecular formula is C17H12F7N3O2. The van der Waals surface area contributed by atoms with Gasteiger partial charge in [-0.3, -0.25) is 9.59 Å². The molecule has 1 aromatic heterocycles. The number of aryl methyl sites for hydroxylation is 1. The average Bonchev–Trinajstić information content (AvgIpc) is 2.60. The molecular weight excluding hydrogens is 411 g/mol. The molecule has 0 unspecified atom stereocenters. The molecule has 0 atom stereocenters. The number of hydrogen-bond acceptors (Lipinski definition) is 4. The number of nitrogens with one attached hydrogen (secondary N) is 1. The molecule has 0 aliphatic carbocycles. The van der Waals surface area contributed by atoms with Gasteiger partial charge in [0.2, 0.25) is 0 Å². The van der Waals surface area contributed by atoms with Crippen LogP contribution in [0.2, 0.25) is 0 Å². The van der Waals surface area contributed by atoms with Crippen molar-refractivity contribution in [2.24, 2.45) is 0 Å². The van der Waals surface area contributed by atoms with Crippen LogP contribution < -0.4 is 5.32 Å². The van der Waals surface area contributed by atoms with Gasteiger partial charge in [-0.25, -0.2) is 9.97 Å². The van der Waals surface area contributed by atoms with Gasteiger partial charge in [0, 0.05) is 5.56 Å². The minimum absolute atomic E-state index is 0.119. The summed E-state index contributed by atoms with van der Waals surface area (Å²) in [4.78, 5) is 31.2. The van der Waals surface area contributed by atoms with Crippen LogP contribution in [-0.2, 0) is 4.79 Å². The Balaban J connectivity index is 2.57.